The van der Waals surface area contributed by atoms with Crippen molar-refractivity contribution in [1.82, 2.24) is 0 Å². The van der Waals surface area contributed by atoms with Crippen LogP contribution in [0.15, 0.2) is 0 Å². The van der Waals surface area contributed by atoms with E-state index in [-0.39, 0.29) is 106 Å². The summed E-state index contributed by atoms with van der Waals surface area (Å²) in [5.41, 5.74) is 0. The van der Waals surface area contributed by atoms with E-state index in [4.69, 9.17) is 14.4 Å². The van der Waals surface area contributed by atoms with Crippen LogP contribution in [-0.2, 0) is 38.7 Å². The Balaban J connectivity index is -0.00000000125. The van der Waals surface area contributed by atoms with Crippen molar-refractivity contribution in [3.05, 3.63) is 0 Å². The molecule has 0 saturated heterocycles. The van der Waals surface area contributed by atoms with Gasteiger partial charge in [-0.1, -0.05) is 0 Å². The number of hydrogen-bond acceptors (Lipinski definition) is 1. The van der Waals surface area contributed by atoms with Crippen LogP contribution in [0.5, 0.6) is 0 Å². The van der Waals surface area contributed by atoms with Gasteiger partial charge in [-0.05, 0) is 0 Å². The Morgan fingerprint density at radius 2 is 1.33 bits per heavy atom. The van der Waals surface area contributed by atoms with Gasteiger partial charge in [0.1, 0.15) is 0 Å². The molecule has 0 amide bonds. The molecule has 1 radical (unpaired) electrons. The predicted octanol–water partition coefficient (Wildman–Crippen LogP) is -1.78. The van der Waals surface area contributed by atoms with Crippen molar-refractivity contribution in [3.63, 3.8) is 0 Å². The summed E-state index contributed by atoms with van der Waals surface area (Å²) in [6.07, 6.45) is 0. The Hall–Kier alpha value is 3.17. The van der Waals surface area contributed by atoms with Crippen molar-refractivity contribution in [2.45, 2.75) is 0 Å². The molecule has 9 heteroatoms. The molecule has 4 N–H and O–H groups in total. The summed E-state index contributed by atoms with van der Waals surface area (Å²) in [4.78, 5) is 14.3. The zero-order valence-electron chi connectivity index (χ0n) is 8.45. The Labute approximate surface area is 127 Å². The normalized spacial score (nSPS) is 3.89. The maximum absolute atomic E-state index is 8.74. The summed E-state index contributed by atoms with van der Waals surface area (Å²) in [7, 11) is -3.13. The molecule has 0 aliphatic carbocycles. The third kappa shape index (κ3) is 93.3. The molecular weight excluding hydrogens is 270 g/mol. The summed E-state index contributed by atoms with van der Waals surface area (Å²) < 4.78 is 8.74. The topological polar surface area (TPSA) is 89.0 Å². The van der Waals surface area contributed by atoms with E-state index in [1.807, 2.05) is 0 Å². The average Bonchev–Trinajstić information content (AvgIpc) is 0.811. The Morgan fingerprint density at radius 3 is 1.33 bits per heavy atom. The van der Waals surface area contributed by atoms with Crippen molar-refractivity contribution < 1.29 is 59.7 Å². The minimum absolute atomic E-state index is 0. The fourth-order valence-electron chi connectivity index (χ4n) is 0. The van der Waals surface area contributed by atoms with E-state index >= 15 is 0 Å². The molecule has 0 fully saturated rings. The van der Waals surface area contributed by atoms with Crippen LogP contribution in [0.1, 0.15) is 5.71 Å². The zero-order chi connectivity index (χ0) is 3.58. The molecule has 57 valence electrons. The molecule has 0 saturated carbocycles. The molecule has 4 nitrogen and oxygen atoms in total. The first-order valence-corrected chi connectivity index (χ1v) is 1.95. The first-order chi connectivity index (χ1) is 1.73. The third-order valence-electron chi connectivity index (χ3n) is 0. The van der Waals surface area contributed by atoms with E-state index in [1.165, 1.54) is 0 Å². The van der Waals surface area contributed by atoms with Gasteiger partial charge in [0.15, 0.2) is 0 Å². The van der Waals surface area contributed by atoms with Crippen LogP contribution in [0.4, 0.5) is 0 Å². The van der Waals surface area contributed by atoms with Crippen LogP contribution < -0.4 is 0 Å². The second-order valence-corrected chi connectivity index (χ2v) is 0.848. The predicted molar refractivity (Wildman–Crippen MR) is 33.0 cm³/mol. The van der Waals surface area contributed by atoms with E-state index in [0.717, 1.165) is 0 Å². The summed E-state index contributed by atoms with van der Waals surface area (Å²) in [5.74, 6) is 0. The van der Waals surface area contributed by atoms with Crippen molar-refractivity contribution in [2.24, 2.45) is 0 Å². The van der Waals surface area contributed by atoms with Crippen molar-refractivity contribution in [3.8, 4) is 0 Å². The van der Waals surface area contributed by atoms with E-state index < -0.39 is 8.25 Å². The molecule has 0 atom stereocenters. The maximum atomic E-state index is 8.74. The molecule has 0 unspecified atom stereocenters. The summed E-state index contributed by atoms with van der Waals surface area (Å²) in [6.45, 7) is 0. The van der Waals surface area contributed by atoms with Gasteiger partial charge in [0.2, 0.25) is 0 Å². The third-order valence-corrected chi connectivity index (χ3v) is 0. The summed E-state index contributed by atoms with van der Waals surface area (Å²) >= 11 is 0. The van der Waals surface area contributed by atoms with E-state index in [0.29, 0.717) is 0 Å². The van der Waals surface area contributed by atoms with Gasteiger partial charge in [0, 0.05) is 34.1 Å². The fraction of sp³-hybridized carbons (Fsp3) is 0. The number of hydrogen-bond donors (Lipinski definition) is 2. The molecule has 0 aromatic rings. The Kier molecular flexibility index (Phi) is 134. The van der Waals surface area contributed by atoms with Gasteiger partial charge in [-0.3, -0.25) is 4.57 Å². The van der Waals surface area contributed by atoms with Crippen LogP contribution in [0, 0.1) is 0 Å². The Bertz CT molecular complexity index is 55.1. The van der Waals surface area contributed by atoms with Crippen LogP contribution in [0.25, 0.3) is 0 Å². The molecule has 0 aliphatic rings. The second-order valence-electron chi connectivity index (χ2n) is 0.283. The van der Waals surface area contributed by atoms with Gasteiger partial charge in [-0.2, -0.15) is 0 Å². The largest absolute Gasteiger partial charge is 2.00 e. The van der Waals surface area contributed by atoms with Gasteiger partial charge in [0.05, 0.1) is 0 Å². The molecule has 0 spiro atoms. The van der Waals surface area contributed by atoms with Crippen molar-refractivity contribution in [1.29, 1.82) is 0 Å². The van der Waals surface area contributed by atoms with Crippen LogP contribution in [0.2, 0.25) is 0 Å². The molecule has 0 bridgehead atoms. The van der Waals surface area contributed by atoms with Gasteiger partial charge >= 0.3 is 69.0 Å². The SMILES string of the molecule is O.O=[PH](O)O.[Ca+2].[Fe].[H-].[H-].[H-].[H-].[Mg+2].[Mn]. The first-order valence-electron chi connectivity index (χ1n) is 0.651. The van der Waals surface area contributed by atoms with Gasteiger partial charge in [-0.25, -0.2) is 0 Å². The zero-order valence-corrected chi connectivity index (χ0v) is 11.4. The first kappa shape index (κ1) is 39.9. The summed E-state index contributed by atoms with van der Waals surface area (Å²) in [5, 5.41) is 0. The molecule has 0 heterocycles. The van der Waals surface area contributed by atoms with Gasteiger partial charge in [-0.15, -0.1) is 0 Å². The van der Waals surface area contributed by atoms with Crippen LogP contribution >= 0.6 is 8.25 Å². The monoisotopic (exact) mass is 279 g/mol. The quantitative estimate of drug-likeness (QED) is 0.406. The van der Waals surface area contributed by atoms with Crippen LogP contribution in [0.3, 0.4) is 0 Å². The fourth-order valence-corrected chi connectivity index (χ4v) is 0. The van der Waals surface area contributed by atoms with Gasteiger partial charge in [0.25, 0.3) is 0 Å². The number of rotatable bonds is 0. The Morgan fingerprint density at radius 1 is 1.33 bits per heavy atom. The molecule has 0 aromatic carbocycles. The standard InChI is InChI=1S/Ca.Fe.Mg.Mn.H3O3P.H2O.4H/c;;;;1-4(2)3;;;;;/h;;;;4H,(H2,1,2,3);1H2;;;;/q+2;;+2;;;;4*-1. The van der Waals surface area contributed by atoms with Crippen molar-refractivity contribution >= 4 is 69.0 Å². The average molecular weight is 279 g/mol. The second kappa shape index (κ2) is 30.3. The van der Waals surface area contributed by atoms with Crippen molar-refractivity contribution in [2.75, 3.05) is 0 Å². The molecular formula is H9CaFeMgMnO4P. The van der Waals surface area contributed by atoms with Crippen LogP contribution in [-0.4, -0.2) is 76.1 Å². The molecule has 0 aliphatic heterocycles. The minimum atomic E-state index is -3.13. The van der Waals surface area contributed by atoms with E-state index in [1.54, 1.807) is 0 Å². The molecule has 0 rings (SSSR count). The minimum Gasteiger partial charge on any atom is -1.00 e. The van der Waals surface area contributed by atoms with E-state index in [9.17, 15) is 0 Å². The molecule has 9 heavy (non-hydrogen) atoms. The molecule has 0 aromatic heterocycles. The smallest absolute Gasteiger partial charge is 1.00 e. The maximum Gasteiger partial charge on any atom is 2.00 e. The summed E-state index contributed by atoms with van der Waals surface area (Å²) in [6, 6.07) is 0. The van der Waals surface area contributed by atoms with E-state index in [2.05, 4.69) is 0 Å². The van der Waals surface area contributed by atoms with Gasteiger partial charge < -0.3 is 21.0 Å².